The molecule has 2 N–H and O–H groups in total. The number of aryl methyl sites for hydroxylation is 1. The van der Waals surface area contributed by atoms with E-state index in [1.165, 1.54) is 5.69 Å². The van der Waals surface area contributed by atoms with Crippen molar-refractivity contribution >= 4 is 21.6 Å². The predicted octanol–water partition coefficient (Wildman–Crippen LogP) is 3.64. The van der Waals surface area contributed by atoms with Crippen molar-refractivity contribution in [3.05, 3.63) is 57.8 Å². The second kappa shape index (κ2) is 6.86. The molecule has 1 aromatic carbocycles. The topological polar surface area (TPSA) is 42.2 Å². The first-order chi connectivity index (χ1) is 9.62. The largest absolute Gasteiger partial charge is 0.366 e. The third-order valence-corrected chi connectivity index (χ3v) is 3.68. The maximum atomic E-state index is 5.75. The second-order valence-electron chi connectivity index (χ2n) is 4.81. The van der Waals surface area contributed by atoms with Crippen LogP contribution in [0.2, 0.25) is 0 Å². The molecule has 0 atom stereocenters. The fourth-order valence-corrected chi connectivity index (χ4v) is 2.73. The Bertz CT molecular complexity index is 584. The Morgan fingerprint density at radius 1 is 1.25 bits per heavy atom. The summed E-state index contributed by atoms with van der Waals surface area (Å²) in [6.07, 6.45) is 0. The number of hydrogen-bond donors (Lipinski definition) is 1. The molecule has 0 bridgehead atoms. The standard InChI is InChI=1S/C16H20BrN3/c1-3-20(11-15-6-4-5-12(2)19-15)16-8-13(10-18)7-14(17)9-16/h4-9H,3,10-11,18H2,1-2H3. The van der Waals surface area contributed by atoms with Gasteiger partial charge in [0.25, 0.3) is 0 Å². The summed E-state index contributed by atoms with van der Waals surface area (Å²) in [5, 5.41) is 0. The normalized spacial score (nSPS) is 10.6. The maximum absolute atomic E-state index is 5.75. The SMILES string of the molecule is CCN(Cc1cccc(C)n1)c1cc(Br)cc(CN)c1. The first kappa shape index (κ1) is 15.0. The molecule has 106 valence electrons. The summed E-state index contributed by atoms with van der Waals surface area (Å²) in [5.74, 6) is 0. The molecule has 0 aliphatic heterocycles. The fraction of sp³-hybridized carbons (Fsp3) is 0.312. The Morgan fingerprint density at radius 3 is 2.70 bits per heavy atom. The number of hydrogen-bond acceptors (Lipinski definition) is 3. The molecule has 0 fully saturated rings. The molecule has 20 heavy (non-hydrogen) atoms. The summed E-state index contributed by atoms with van der Waals surface area (Å²) in [7, 11) is 0. The number of pyridine rings is 1. The highest BCUT2D eigenvalue weighted by Gasteiger charge is 2.08. The van der Waals surface area contributed by atoms with E-state index in [4.69, 9.17) is 5.73 Å². The molecule has 0 saturated heterocycles. The molecule has 2 aromatic rings. The van der Waals surface area contributed by atoms with Crippen LogP contribution >= 0.6 is 15.9 Å². The molecule has 0 amide bonds. The molecule has 1 heterocycles. The zero-order valence-corrected chi connectivity index (χ0v) is 13.5. The molecule has 1 aromatic heterocycles. The molecule has 0 radical (unpaired) electrons. The quantitative estimate of drug-likeness (QED) is 0.908. The summed E-state index contributed by atoms with van der Waals surface area (Å²) in [4.78, 5) is 6.87. The van der Waals surface area contributed by atoms with Gasteiger partial charge in [0.15, 0.2) is 0 Å². The van der Waals surface area contributed by atoms with E-state index >= 15 is 0 Å². The van der Waals surface area contributed by atoms with Crippen molar-refractivity contribution in [1.29, 1.82) is 0 Å². The lowest BCUT2D eigenvalue weighted by molar-refractivity contribution is 0.804. The van der Waals surface area contributed by atoms with Crippen molar-refractivity contribution in [2.75, 3.05) is 11.4 Å². The van der Waals surface area contributed by atoms with E-state index in [1.54, 1.807) is 0 Å². The summed E-state index contributed by atoms with van der Waals surface area (Å²) in [6, 6.07) is 12.5. The van der Waals surface area contributed by atoms with E-state index in [1.807, 2.05) is 13.0 Å². The van der Waals surface area contributed by atoms with Crippen LogP contribution in [0.5, 0.6) is 0 Å². The summed E-state index contributed by atoms with van der Waals surface area (Å²) >= 11 is 3.55. The lowest BCUT2D eigenvalue weighted by Crippen LogP contribution is -2.23. The Morgan fingerprint density at radius 2 is 2.05 bits per heavy atom. The number of nitrogens with two attached hydrogens (primary N) is 1. The van der Waals surface area contributed by atoms with Gasteiger partial charge in [-0.1, -0.05) is 22.0 Å². The molecule has 4 heteroatoms. The average molecular weight is 334 g/mol. The Labute approximate surface area is 129 Å². The lowest BCUT2D eigenvalue weighted by atomic mass is 10.2. The molecule has 0 aliphatic rings. The minimum atomic E-state index is 0.548. The number of rotatable bonds is 5. The van der Waals surface area contributed by atoms with Gasteiger partial charge in [0.1, 0.15) is 0 Å². The van der Waals surface area contributed by atoms with Gasteiger partial charge in [-0.15, -0.1) is 0 Å². The van der Waals surface area contributed by atoms with Crippen LogP contribution < -0.4 is 10.6 Å². The van der Waals surface area contributed by atoms with Gasteiger partial charge >= 0.3 is 0 Å². The van der Waals surface area contributed by atoms with Gasteiger partial charge in [-0.25, -0.2) is 0 Å². The van der Waals surface area contributed by atoms with Crippen molar-refractivity contribution in [2.24, 2.45) is 5.73 Å². The lowest BCUT2D eigenvalue weighted by Gasteiger charge is -2.24. The number of anilines is 1. The number of halogens is 1. The molecule has 0 spiro atoms. The van der Waals surface area contributed by atoms with Gasteiger partial charge < -0.3 is 10.6 Å². The number of benzene rings is 1. The van der Waals surface area contributed by atoms with Gasteiger partial charge in [0.2, 0.25) is 0 Å². The fourth-order valence-electron chi connectivity index (χ4n) is 2.20. The highest BCUT2D eigenvalue weighted by Crippen LogP contribution is 2.24. The van der Waals surface area contributed by atoms with Crippen molar-refractivity contribution in [2.45, 2.75) is 26.9 Å². The van der Waals surface area contributed by atoms with Crippen LogP contribution in [0.25, 0.3) is 0 Å². The third-order valence-electron chi connectivity index (χ3n) is 3.22. The van der Waals surface area contributed by atoms with Crippen LogP contribution in [0.1, 0.15) is 23.9 Å². The monoisotopic (exact) mass is 333 g/mol. The average Bonchev–Trinajstić information content (AvgIpc) is 2.44. The number of nitrogens with zero attached hydrogens (tertiary/aromatic N) is 2. The van der Waals surface area contributed by atoms with Gasteiger partial charge in [-0.05, 0) is 49.7 Å². The zero-order chi connectivity index (χ0) is 14.5. The van der Waals surface area contributed by atoms with Gasteiger partial charge in [-0.3, -0.25) is 4.98 Å². The van der Waals surface area contributed by atoms with E-state index in [-0.39, 0.29) is 0 Å². The van der Waals surface area contributed by atoms with E-state index in [2.05, 4.69) is 63.1 Å². The minimum absolute atomic E-state index is 0.548. The Hall–Kier alpha value is -1.39. The van der Waals surface area contributed by atoms with E-state index in [0.717, 1.165) is 34.5 Å². The molecular weight excluding hydrogens is 314 g/mol. The first-order valence-corrected chi connectivity index (χ1v) is 7.58. The Kier molecular flexibility index (Phi) is 5.15. The van der Waals surface area contributed by atoms with Crippen LogP contribution in [0.3, 0.4) is 0 Å². The first-order valence-electron chi connectivity index (χ1n) is 6.79. The number of aromatic nitrogens is 1. The van der Waals surface area contributed by atoms with Crippen LogP contribution in [0.4, 0.5) is 5.69 Å². The second-order valence-corrected chi connectivity index (χ2v) is 5.72. The molecule has 0 aliphatic carbocycles. The van der Waals surface area contributed by atoms with Crippen LogP contribution in [-0.2, 0) is 13.1 Å². The highest BCUT2D eigenvalue weighted by atomic mass is 79.9. The molecule has 2 rings (SSSR count). The van der Waals surface area contributed by atoms with Crippen molar-refractivity contribution in [3.8, 4) is 0 Å². The smallest absolute Gasteiger partial charge is 0.0602 e. The van der Waals surface area contributed by atoms with Gasteiger partial charge in [0, 0.05) is 28.9 Å². The minimum Gasteiger partial charge on any atom is -0.366 e. The van der Waals surface area contributed by atoms with Crippen LogP contribution in [-0.4, -0.2) is 11.5 Å². The third kappa shape index (κ3) is 3.81. The van der Waals surface area contributed by atoms with E-state index in [0.29, 0.717) is 6.54 Å². The van der Waals surface area contributed by atoms with Gasteiger partial charge in [-0.2, -0.15) is 0 Å². The molecule has 0 unspecified atom stereocenters. The van der Waals surface area contributed by atoms with Crippen LogP contribution in [0.15, 0.2) is 40.9 Å². The molecule has 3 nitrogen and oxygen atoms in total. The van der Waals surface area contributed by atoms with Crippen molar-refractivity contribution in [3.63, 3.8) is 0 Å². The predicted molar refractivity (Wildman–Crippen MR) is 87.7 cm³/mol. The highest BCUT2D eigenvalue weighted by molar-refractivity contribution is 9.10. The summed E-state index contributed by atoms with van der Waals surface area (Å²) in [5.41, 5.74) is 10.2. The summed E-state index contributed by atoms with van der Waals surface area (Å²) < 4.78 is 1.06. The van der Waals surface area contributed by atoms with Crippen LogP contribution in [0, 0.1) is 6.92 Å². The van der Waals surface area contributed by atoms with Crippen molar-refractivity contribution in [1.82, 2.24) is 4.98 Å². The zero-order valence-electron chi connectivity index (χ0n) is 11.9. The van der Waals surface area contributed by atoms with E-state index in [9.17, 15) is 0 Å². The Balaban J connectivity index is 2.26. The maximum Gasteiger partial charge on any atom is 0.0602 e. The van der Waals surface area contributed by atoms with Gasteiger partial charge in [0.05, 0.1) is 12.2 Å². The van der Waals surface area contributed by atoms with Crippen molar-refractivity contribution < 1.29 is 0 Å². The van der Waals surface area contributed by atoms with E-state index < -0.39 is 0 Å². The molecular formula is C16H20BrN3. The summed E-state index contributed by atoms with van der Waals surface area (Å²) in [6.45, 7) is 6.45. The molecule has 0 saturated carbocycles.